The maximum Gasteiger partial charge on any atom is 0.327 e. The molecular formula is C11H15N3O2. The van der Waals surface area contributed by atoms with Gasteiger partial charge in [0.25, 0.3) is 0 Å². The van der Waals surface area contributed by atoms with Crippen molar-refractivity contribution in [2.75, 3.05) is 24.5 Å². The third kappa shape index (κ3) is 2.14. The van der Waals surface area contributed by atoms with Crippen LogP contribution >= 0.6 is 0 Å². The standard InChI is InChI=1S/C11H15N3O2/c1-8-2-3-13-10(6-8)14-5-4-12-7-9(14)11(15)16/h2-3,6,9,12H,4-5,7H2,1H3,(H,15,16). The summed E-state index contributed by atoms with van der Waals surface area (Å²) in [6, 6.07) is 3.30. The number of rotatable bonds is 2. The molecule has 0 amide bonds. The van der Waals surface area contributed by atoms with E-state index in [0.717, 1.165) is 17.9 Å². The lowest BCUT2D eigenvalue weighted by molar-refractivity contribution is -0.138. The minimum atomic E-state index is -0.810. The van der Waals surface area contributed by atoms with E-state index in [-0.39, 0.29) is 0 Å². The summed E-state index contributed by atoms with van der Waals surface area (Å²) in [5, 5.41) is 12.2. The van der Waals surface area contributed by atoms with Crippen LogP contribution in [0, 0.1) is 6.92 Å². The van der Waals surface area contributed by atoms with Crippen LogP contribution in [0.1, 0.15) is 5.56 Å². The first-order valence-corrected chi connectivity index (χ1v) is 5.31. The normalized spacial score (nSPS) is 20.8. The number of carboxylic acids is 1. The van der Waals surface area contributed by atoms with Crippen LogP contribution in [0.2, 0.25) is 0 Å². The van der Waals surface area contributed by atoms with Crippen molar-refractivity contribution in [1.82, 2.24) is 10.3 Å². The number of pyridine rings is 1. The van der Waals surface area contributed by atoms with Gasteiger partial charge in [-0.3, -0.25) is 0 Å². The fourth-order valence-electron chi connectivity index (χ4n) is 1.88. The number of nitrogens with zero attached hydrogens (tertiary/aromatic N) is 2. The van der Waals surface area contributed by atoms with Crippen LogP contribution in [0.5, 0.6) is 0 Å². The van der Waals surface area contributed by atoms with Crippen molar-refractivity contribution >= 4 is 11.8 Å². The van der Waals surface area contributed by atoms with Gasteiger partial charge >= 0.3 is 5.97 Å². The lowest BCUT2D eigenvalue weighted by Gasteiger charge is -2.34. The number of aromatic nitrogens is 1. The van der Waals surface area contributed by atoms with Gasteiger partial charge in [0.1, 0.15) is 11.9 Å². The molecule has 2 rings (SSSR count). The third-order valence-corrected chi connectivity index (χ3v) is 2.72. The number of aryl methyl sites for hydroxylation is 1. The molecule has 86 valence electrons. The molecule has 0 spiro atoms. The first-order valence-electron chi connectivity index (χ1n) is 5.31. The van der Waals surface area contributed by atoms with E-state index in [1.165, 1.54) is 0 Å². The maximum atomic E-state index is 11.1. The molecule has 1 saturated heterocycles. The molecule has 1 aliphatic rings. The number of piperazine rings is 1. The second-order valence-corrected chi connectivity index (χ2v) is 3.94. The highest BCUT2D eigenvalue weighted by Gasteiger charge is 2.29. The number of carboxylic acid groups (broad SMARTS) is 1. The second kappa shape index (κ2) is 4.49. The zero-order valence-corrected chi connectivity index (χ0v) is 9.18. The Kier molecular flexibility index (Phi) is 3.05. The predicted molar refractivity (Wildman–Crippen MR) is 60.6 cm³/mol. The number of nitrogens with one attached hydrogen (secondary N) is 1. The Hall–Kier alpha value is -1.62. The topological polar surface area (TPSA) is 65.5 Å². The number of hydrogen-bond acceptors (Lipinski definition) is 4. The molecule has 1 atom stereocenters. The Morgan fingerprint density at radius 2 is 2.50 bits per heavy atom. The van der Waals surface area contributed by atoms with E-state index in [2.05, 4.69) is 10.3 Å². The highest BCUT2D eigenvalue weighted by Crippen LogP contribution is 2.16. The molecule has 1 fully saturated rings. The fourth-order valence-corrected chi connectivity index (χ4v) is 1.88. The summed E-state index contributed by atoms with van der Waals surface area (Å²) in [6.45, 7) is 3.90. The smallest absolute Gasteiger partial charge is 0.327 e. The van der Waals surface area contributed by atoms with Crippen LogP contribution < -0.4 is 10.2 Å². The highest BCUT2D eigenvalue weighted by atomic mass is 16.4. The van der Waals surface area contributed by atoms with Gasteiger partial charge in [0.15, 0.2) is 0 Å². The highest BCUT2D eigenvalue weighted by molar-refractivity contribution is 5.78. The molecule has 2 heterocycles. The van der Waals surface area contributed by atoms with E-state index in [1.54, 1.807) is 6.20 Å². The van der Waals surface area contributed by atoms with Gasteiger partial charge in [-0.15, -0.1) is 0 Å². The van der Waals surface area contributed by atoms with Crippen LogP contribution in [0.3, 0.4) is 0 Å². The van der Waals surface area contributed by atoms with Gasteiger partial charge < -0.3 is 15.3 Å². The van der Waals surface area contributed by atoms with Gasteiger partial charge in [-0.1, -0.05) is 0 Å². The SMILES string of the molecule is Cc1ccnc(N2CCNCC2C(=O)O)c1. The molecule has 0 aliphatic carbocycles. The predicted octanol–water partition coefficient (Wildman–Crippen LogP) is 0.253. The van der Waals surface area contributed by atoms with Crippen molar-refractivity contribution in [2.24, 2.45) is 0 Å². The van der Waals surface area contributed by atoms with Crippen LogP contribution in [0.15, 0.2) is 18.3 Å². The van der Waals surface area contributed by atoms with Gasteiger partial charge in [0.2, 0.25) is 0 Å². The lowest BCUT2D eigenvalue weighted by atomic mass is 10.2. The zero-order valence-electron chi connectivity index (χ0n) is 9.18. The molecule has 5 nitrogen and oxygen atoms in total. The summed E-state index contributed by atoms with van der Waals surface area (Å²) in [7, 11) is 0. The first-order chi connectivity index (χ1) is 7.68. The van der Waals surface area contributed by atoms with E-state index < -0.39 is 12.0 Å². The largest absolute Gasteiger partial charge is 0.480 e. The third-order valence-electron chi connectivity index (χ3n) is 2.72. The van der Waals surface area contributed by atoms with E-state index in [9.17, 15) is 4.79 Å². The quantitative estimate of drug-likeness (QED) is 0.749. The van der Waals surface area contributed by atoms with Gasteiger partial charge in [-0.05, 0) is 24.6 Å². The summed E-state index contributed by atoms with van der Waals surface area (Å²) in [4.78, 5) is 17.2. The second-order valence-electron chi connectivity index (χ2n) is 3.94. The van der Waals surface area contributed by atoms with Crippen molar-refractivity contribution in [3.63, 3.8) is 0 Å². The Morgan fingerprint density at radius 3 is 3.19 bits per heavy atom. The number of anilines is 1. The van der Waals surface area contributed by atoms with Gasteiger partial charge in [-0.2, -0.15) is 0 Å². The monoisotopic (exact) mass is 221 g/mol. The van der Waals surface area contributed by atoms with E-state index in [1.807, 2.05) is 24.0 Å². The molecule has 1 aromatic heterocycles. The Bertz CT molecular complexity index is 395. The Balaban J connectivity index is 2.26. The summed E-state index contributed by atoms with van der Waals surface area (Å²) in [5.74, 6) is -0.0654. The number of carbonyl (C=O) groups is 1. The zero-order chi connectivity index (χ0) is 11.5. The Labute approximate surface area is 94.1 Å². The summed E-state index contributed by atoms with van der Waals surface area (Å²) < 4.78 is 0. The Morgan fingerprint density at radius 1 is 1.69 bits per heavy atom. The molecule has 5 heteroatoms. The minimum Gasteiger partial charge on any atom is -0.480 e. The average Bonchev–Trinajstić information content (AvgIpc) is 2.29. The van der Waals surface area contributed by atoms with Crippen molar-refractivity contribution < 1.29 is 9.90 Å². The molecule has 1 aliphatic heterocycles. The molecular weight excluding hydrogens is 206 g/mol. The summed E-state index contributed by atoms with van der Waals surface area (Å²) >= 11 is 0. The molecule has 1 unspecified atom stereocenters. The molecule has 0 radical (unpaired) electrons. The summed E-state index contributed by atoms with van der Waals surface area (Å²) in [6.07, 6.45) is 1.71. The average molecular weight is 221 g/mol. The summed E-state index contributed by atoms with van der Waals surface area (Å²) in [5.41, 5.74) is 1.09. The molecule has 0 bridgehead atoms. The molecule has 16 heavy (non-hydrogen) atoms. The number of aliphatic carboxylic acids is 1. The van der Waals surface area contributed by atoms with Crippen LogP contribution in [0.25, 0.3) is 0 Å². The van der Waals surface area contributed by atoms with Gasteiger partial charge in [0.05, 0.1) is 0 Å². The molecule has 0 aromatic carbocycles. The van der Waals surface area contributed by atoms with Crippen molar-refractivity contribution in [1.29, 1.82) is 0 Å². The van der Waals surface area contributed by atoms with Crippen molar-refractivity contribution in [3.8, 4) is 0 Å². The minimum absolute atomic E-state index is 0.463. The van der Waals surface area contributed by atoms with Gasteiger partial charge in [-0.25, -0.2) is 9.78 Å². The van der Waals surface area contributed by atoms with Crippen LogP contribution in [-0.4, -0.2) is 41.7 Å². The van der Waals surface area contributed by atoms with E-state index in [4.69, 9.17) is 5.11 Å². The molecule has 0 saturated carbocycles. The van der Waals surface area contributed by atoms with Crippen LogP contribution in [-0.2, 0) is 4.79 Å². The number of hydrogen-bond donors (Lipinski definition) is 2. The van der Waals surface area contributed by atoms with E-state index in [0.29, 0.717) is 13.1 Å². The maximum absolute atomic E-state index is 11.1. The van der Waals surface area contributed by atoms with Crippen molar-refractivity contribution in [3.05, 3.63) is 23.9 Å². The first kappa shape index (κ1) is 10.9. The van der Waals surface area contributed by atoms with E-state index >= 15 is 0 Å². The van der Waals surface area contributed by atoms with Crippen LogP contribution in [0.4, 0.5) is 5.82 Å². The van der Waals surface area contributed by atoms with Crippen molar-refractivity contribution in [2.45, 2.75) is 13.0 Å². The lowest BCUT2D eigenvalue weighted by Crippen LogP contribution is -2.55. The molecule has 1 aromatic rings. The molecule has 2 N–H and O–H groups in total. The van der Waals surface area contributed by atoms with Gasteiger partial charge in [0, 0.05) is 25.8 Å². The fraction of sp³-hybridized carbons (Fsp3) is 0.455.